The average Bonchev–Trinajstić information content (AvgIpc) is 2.56. The molecule has 4 nitrogen and oxygen atoms in total. The summed E-state index contributed by atoms with van der Waals surface area (Å²) < 4.78 is 9.82. The quantitative estimate of drug-likeness (QED) is 0.791. The minimum absolute atomic E-state index is 0. The number of hydrogen-bond donors (Lipinski definition) is 1. The molecule has 0 saturated heterocycles. The van der Waals surface area contributed by atoms with Crippen LogP contribution in [0.3, 0.4) is 0 Å². The number of esters is 1. The lowest BCUT2D eigenvalue weighted by molar-refractivity contribution is -0.153. The van der Waals surface area contributed by atoms with Gasteiger partial charge in [-0.1, -0.05) is 48.0 Å². The Bertz CT molecular complexity index is 662. The molecule has 2 atom stereocenters. The molecule has 2 aromatic carbocycles. The number of benzene rings is 2. The Morgan fingerprint density at radius 3 is 2.33 bits per heavy atom. The van der Waals surface area contributed by atoms with Crippen LogP contribution in [0.15, 0.2) is 48.5 Å². The number of carbonyl (C=O) groups excluding carboxylic acids is 1. The Morgan fingerprint density at radius 2 is 1.79 bits per heavy atom. The van der Waals surface area contributed by atoms with Crippen molar-refractivity contribution in [1.29, 1.82) is 0 Å². The maximum Gasteiger partial charge on any atom is 0.336 e. The van der Waals surface area contributed by atoms with Crippen LogP contribution in [0.5, 0.6) is 0 Å². The van der Waals surface area contributed by atoms with Gasteiger partial charge < -0.3 is 15.2 Å². The van der Waals surface area contributed by atoms with E-state index in [0.717, 1.165) is 16.7 Å². The minimum atomic E-state index is -0.771. The van der Waals surface area contributed by atoms with Gasteiger partial charge in [0.2, 0.25) is 0 Å². The SMILES string of the molecule is COC(=O)[C@H](OC)[C@H](N)Cc1ccc(-c2cccc(Cl)c2)cc1.Cl. The second-order valence-corrected chi connectivity index (χ2v) is 5.69. The molecule has 0 aliphatic heterocycles. The van der Waals surface area contributed by atoms with Crippen LogP contribution < -0.4 is 5.73 Å². The Balaban J connectivity index is 0.00000288. The Kier molecular flexibility index (Phi) is 8.22. The zero-order valence-corrected chi connectivity index (χ0v) is 15.1. The fourth-order valence-corrected chi connectivity index (χ4v) is 2.63. The predicted molar refractivity (Wildman–Crippen MR) is 98.6 cm³/mol. The maximum atomic E-state index is 11.6. The van der Waals surface area contributed by atoms with E-state index in [2.05, 4.69) is 0 Å². The highest BCUT2D eigenvalue weighted by atomic mass is 35.5. The molecule has 2 aromatic rings. The smallest absolute Gasteiger partial charge is 0.336 e. The third kappa shape index (κ3) is 5.21. The lowest BCUT2D eigenvalue weighted by Gasteiger charge is -2.20. The van der Waals surface area contributed by atoms with E-state index in [1.54, 1.807) is 0 Å². The van der Waals surface area contributed by atoms with Crippen molar-refractivity contribution in [1.82, 2.24) is 0 Å². The van der Waals surface area contributed by atoms with Crippen LogP contribution in [0.2, 0.25) is 5.02 Å². The van der Waals surface area contributed by atoms with Crippen LogP contribution in [-0.2, 0) is 20.7 Å². The van der Waals surface area contributed by atoms with Crippen molar-refractivity contribution < 1.29 is 14.3 Å². The molecular formula is C18H21Cl2NO3. The van der Waals surface area contributed by atoms with E-state index < -0.39 is 18.1 Å². The molecule has 24 heavy (non-hydrogen) atoms. The lowest BCUT2D eigenvalue weighted by Crippen LogP contribution is -2.44. The maximum absolute atomic E-state index is 11.6. The van der Waals surface area contributed by atoms with Gasteiger partial charge in [-0.2, -0.15) is 0 Å². The number of ether oxygens (including phenoxy) is 2. The van der Waals surface area contributed by atoms with Crippen molar-refractivity contribution >= 4 is 30.0 Å². The number of carbonyl (C=O) groups is 1. The summed E-state index contributed by atoms with van der Waals surface area (Å²) in [5.74, 6) is -0.462. The van der Waals surface area contributed by atoms with Crippen molar-refractivity contribution in [2.24, 2.45) is 5.73 Å². The highest BCUT2D eigenvalue weighted by Gasteiger charge is 2.26. The largest absolute Gasteiger partial charge is 0.467 e. The van der Waals surface area contributed by atoms with Crippen LogP contribution in [0.4, 0.5) is 0 Å². The van der Waals surface area contributed by atoms with Gasteiger partial charge >= 0.3 is 5.97 Å². The summed E-state index contributed by atoms with van der Waals surface area (Å²) in [5.41, 5.74) is 9.21. The lowest BCUT2D eigenvalue weighted by atomic mass is 9.99. The molecule has 0 radical (unpaired) electrons. The average molecular weight is 370 g/mol. The van der Waals surface area contributed by atoms with Gasteiger partial charge in [0.1, 0.15) is 0 Å². The zero-order valence-electron chi connectivity index (χ0n) is 13.6. The van der Waals surface area contributed by atoms with Gasteiger partial charge in [0, 0.05) is 18.2 Å². The van der Waals surface area contributed by atoms with Gasteiger partial charge in [-0.25, -0.2) is 4.79 Å². The molecular weight excluding hydrogens is 349 g/mol. The van der Waals surface area contributed by atoms with E-state index in [-0.39, 0.29) is 12.4 Å². The molecule has 130 valence electrons. The second-order valence-electron chi connectivity index (χ2n) is 5.25. The van der Waals surface area contributed by atoms with Crippen LogP contribution in [0, 0.1) is 0 Å². The van der Waals surface area contributed by atoms with E-state index in [0.29, 0.717) is 11.4 Å². The molecule has 0 aromatic heterocycles. The summed E-state index contributed by atoms with van der Waals surface area (Å²) in [4.78, 5) is 11.6. The Morgan fingerprint density at radius 1 is 1.12 bits per heavy atom. The fourth-order valence-electron chi connectivity index (χ4n) is 2.44. The van der Waals surface area contributed by atoms with E-state index in [1.165, 1.54) is 14.2 Å². The molecule has 0 fully saturated rings. The number of hydrogen-bond acceptors (Lipinski definition) is 4. The predicted octanol–water partition coefficient (Wildman–Crippen LogP) is 3.49. The number of halogens is 2. The van der Waals surface area contributed by atoms with Crippen LogP contribution in [0.25, 0.3) is 11.1 Å². The van der Waals surface area contributed by atoms with Gasteiger partial charge in [-0.3, -0.25) is 0 Å². The van der Waals surface area contributed by atoms with Gasteiger partial charge in [0.15, 0.2) is 6.10 Å². The third-order valence-corrected chi connectivity index (χ3v) is 3.89. The summed E-state index contributed by atoms with van der Waals surface area (Å²) in [7, 11) is 2.77. The molecule has 0 saturated carbocycles. The van der Waals surface area contributed by atoms with E-state index in [4.69, 9.17) is 26.8 Å². The molecule has 2 rings (SSSR count). The molecule has 2 N–H and O–H groups in total. The van der Waals surface area contributed by atoms with Crippen LogP contribution in [-0.4, -0.2) is 32.3 Å². The van der Waals surface area contributed by atoms with Crippen LogP contribution >= 0.6 is 24.0 Å². The van der Waals surface area contributed by atoms with Gasteiger partial charge in [-0.05, 0) is 35.2 Å². The fraction of sp³-hybridized carbons (Fsp3) is 0.278. The molecule has 0 unspecified atom stereocenters. The summed E-state index contributed by atoms with van der Waals surface area (Å²) in [5, 5.41) is 0.703. The summed E-state index contributed by atoms with van der Waals surface area (Å²) in [6, 6.07) is 15.2. The van der Waals surface area contributed by atoms with Crippen molar-refractivity contribution in [2.45, 2.75) is 18.6 Å². The Hall–Kier alpha value is -1.59. The van der Waals surface area contributed by atoms with Crippen molar-refractivity contribution in [3.8, 4) is 11.1 Å². The molecule has 0 aliphatic carbocycles. The van der Waals surface area contributed by atoms with E-state index >= 15 is 0 Å². The molecule has 6 heteroatoms. The molecule has 0 amide bonds. The highest BCUT2D eigenvalue weighted by Crippen LogP contribution is 2.23. The first-order chi connectivity index (χ1) is 11.0. The minimum Gasteiger partial charge on any atom is -0.467 e. The normalized spacial score (nSPS) is 12.8. The third-order valence-electron chi connectivity index (χ3n) is 3.66. The van der Waals surface area contributed by atoms with Gasteiger partial charge in [0.05, 0.1) is 7.11 Å². The zero-order chi connectivity index (χ0) is 16.8. The van der Waals surface area contributed by atoms with E-state index in [9.17, 15) is 4.79 Å². The number of methoxy groups -OCH3 is 2. The first-order valence-corrected chi connectivity index (χ1v) is 7.64. The van der Waals surface area contributed by atoms with Crippen molar-refractivity contribution in [3.63, 3.8) is 0 Å². The summed E-state index contributed by atoms with van der Waals surface area (Å²) in [6.45, 7) is 0. The number of nitrogens with two attached hydrogens (primary N) is 1. The van der Waals surface area contributed by atoms with Crippen LogP contribution in [0.1, 0.15) is 5.56 Å². The first kappa shape index (κ1) is 20.5. The molecule has 0 aliphatic rings. The highest BCUT2D eigenvalue weighted by molar-refractivity contribution is 6.30. The number of rotatable bonds is 6. The topological polar surface area (TPSA) is 61.5 Å². The molecule has 0 spiro atoms. The molecule has 0 heterocycles. The van der Waals surface area contributed by atoms with Crippen molar-refractivity contribution in [2.75, 3.05) is 14.2 Å². The first-order valence-electron chi connectivity index (χ1n) is 7.26. The van der Waals surface area contributed by atoms with E-state index in [1.807, 2.05) is 48.5 Å². The summed E-state index contributed by atoms with van der Waals surface area (Å²) in [6.07, 6.45) is -0.253. The Labute approximate surface area is 153 Å². The van der Waals surface area contributed by atoms with Crippen molar-refractivity contribution in [3.05, 3.63) is 59.1 Å². The monoisotopic (exact) mass is 369 g/mol. The van der Waals surface area contributed by atoms with Gasteiger partial charge in [0.25, 0.3) is 0 Å². The summed E-state index contributed by atoms with van der Waals surface area (Å²) >= 11 is 6.01. The molecule has 0 bridgehead atoms. The van der Waals surface area contributed by atoms with Gasteiger partial charge in [-0.15, -0.1) is 12.4 Å². The second kappa shape index (κ2) is 9.64. The standard InChI is InChI=1S/C18H20ClNO3.ClH/c1-22-17(18(21)23-2)16(20)10-12-6-8-13(9-7-12)14-4-3-5-15(19)11-14;/h3-9,11,16-17H,10,20H2,1-2H3;1H/t16-,17-;/m1./s1.